The fourth-order valence-corrected chi connectivity index (χ4v) is 1.87. The molecule has 1 aromatic carbocycles. The zero-order valence-electron chi connectivity index (χ0n) is 11.2. The summed E-state index contributed by atoms with van der Waals surface area (Å²) in [7, 11) is 0. The maximum atomic E-state index is 12.0. The second-order valence-corrected chi connectivity index (χ2v) is 4.85. The topological polar surface area (TPSA) is 60.8 Å². The van der Waals surface area contributed by atoms with Gasteiger partial charge in [-0.1, -0.05) is 20.8 Å². The molecule has 0 saturated carbocycles. The van der Waals surface area contributed by atoms with E-state index in [1.165, 1.54) is 18.2 Å². The molecular weight excluding hydrogens is 230 g/mol. The Labute approximate surface area is 108 Å². The second-order valence-electron chi connectivity index (χ2n) is 4.85. The number of benzene rings is 1. The molecule has 4 nitrogen and oxygen atoms in total. The van der Waals surface area contributed by atoms with Crippen LogP contribution < -0.4 is 0 Å². The summed E-state index contributed by atoms with van der Waals surface area (Å²) in [4.78, 5) is 14.1. The van der Waals surface area contributed by atoms with Gasteiger partial charge in [0.05, 0.1) is 12.1 Å². The molecule has 0 aliphatic carbocycles. The summed E-state index contributed by atoms with van der Waals surface area (Å²) in [5, 5.41) is 18.8. The highest BCUT2D eigenvalue weighted by Crippen LogP contribution is 2.23. The lowest BCUT2D eigenvalue weighted by molar-refractivity contribution is 0.0923. The number of carbonyl (C=O) groups excluding carboxylic acids is 1. The first-order valence-corrected chi connectivity index (χ1v) is 6.21. The van der Waals surface area contributed by atoms with Gasteiger partial charge in [-0.25, -0.2) is 0 Å². The van der Waals surface area contributed by atoms with Gasteiger partial charge in [-0.2, -0.15) is 0 Å². The van der Waals surface area contributed by atoms with Gasteiger partial charge in [-0.15, -0.1) is 0 Å². The molecule has 0 aliphatic heterocycles. The van der Waals surface area contributed by atoms with E-state index in [1.54, 1.807) is 0 Å². The molecule has 4 heteroatoms. The molecular formula is C14H21NO3. The Balaban J connectivity index is 2.74. The lowest BCUT2D eigenvalue weighted by atomic mass is 10.1. The second kappa shape index (κ2) is 6.40. The van der Waals surface area contributed by atoms with E-state index < -0.39 is 0 Å². The van der Waals surface area contributed by atoms with Gasteiger partial charge in [0.15, 0.2) is 5.78 Å². The van der Waals surface area contributed by atoms with E-state index in [0.29, 0.717) is 5.92 Å². The zero-order chi connectivity index (χ0) is 13.7. The van der Waals surface area contributed by atoms with Crippen LogP contribution in [-0.2, 0) is 0 Å². The van der Waals surface area contributed by atoms with E-state index in [2.05, 4.69) is 13.8 Å². The van der Waals surface area contributed by atoms with E-state index in [4.69, 9.17) is 0 Å². The molecule has 18 heavy (non-hydrogen) atoms. The summed E-state index contributed by atoms with van der Waals surface area (Å²) in [5.74, 6) is 0.153. The van der Waals surface area contributed by atoms with Crippen molar-refractivity contribution in [2.24, 2.45) is 5.92 Å². The highest BCUT2D eigenvalue weighted by Gasteiger charge is 2.15. The molecule has 0 unspecified atom stereocenters. The third kappa shape index (κ3) is 4.04. The average molecular weight is 251 g/mol. The smallest absolute Gasteiger partial charge is 0.180 e. The number of aromatic hydroxyl groups is 2. The third-order valence-electron chi connectivity index (χ3n) is 2.72. The molecule has 0 amide bonds. The number of phenolic OH excluding ortho intramolecular Hbond substituents is 2. The standard InChI is InChI=1S/C14H21NO3/c1-4-15(8-10(2)3)9-14(18)12-6-5-11(16)7-13(12)17/h5-7,10,16-17H,4,8-9H2,1-3H3. The predicted octanol–water partition coefficient (Wildman–Crippen LogP) is 2.26. The quantitative estimate of drug-likeness (QED) is 0.761. The summed E-state index contributed by atoms with van der Waals surface area (Å²) < 4.78 is 0. The Kier molecular flexibility index (Phi) is 5.16. The maximum Gasteiger partial charge on any atom is 0.180 e. The van der Waals surface area contributed by atoms with E-state index in [1.807, 2.05) is 11.8 Å². The van der Waals surface area contributed by atoms with Crippen molar-refractivity contribution < 1.29 is 15.0 Å². The van der Waals surface area contributed by atoms with Gasteiger partial charge in [0.25, 0.3) is 0 Å². The molecule has 1 aromatic rings. The molecule has 0 bridgehead atoms. The number of ketones is 1. The lowest BCUT2D eigenvalue weighted by Gasteiger charge is -2.21. The molecule has 0 fully saturated rings. The largest absolute Gasteiger partial charge is 0.508 e. The molecule has 2 N–H and O–H groups in total. The minimum absolute atomic E-state index is 0.0430. The van der Waals surface area contributed by atoms with E-state index >= 15 is 0 Å². The van der Waals surface area contributed by atoms with Crippen LogP contribution >= 0.6 is 0 Å². The van der Waals surface area contributed by atoms with Gasteiger partial charge in [0.1, 0.15) is 11.5 Å². The minimum Gasteiger partial charge on any atom is -0.508 e. The summed E-state index contributed by atoms with van der Waals surface area (Å²) in [6, 6.07) is 4.05. The number of carbonyl (C=O) groups is 1. The van der Waals surface area contributed by atoms with Crippen molar-refractivity contribution >= 4 is 5.78 Å². The van der Waals surface area contributed by atoms with Crippen LogP contribution in [-0.4, -0.2) is 40.5 Å². The molecule has 1 rings (SSSR count). The number of Topliss-reactive ketones (excluding diaryl/α,β-unsaturated/α-hetero) is 1. The number of phenols is 2. The van der Waals surface area contributed by atoms with Crippen molar-refractivity contribution in [2.45, 2.75) is 20.8 Å². The van der Waals surface area contributed by atoms with Gasteiger partial charge >= 0.3 is 0 Å². The monoisotopic (exact) mass is 251 g/mol. The highest BCUT2D eigenvalue weighted by molar-refractivity contribution is 6.00. The molecule has 0 aliphatic rings. The normalized spacial score (nSPS) is 11.2. The van der Waals surface area contributed by atoms with Crippen molar-refractivity contribution in [3.05, 3.63) is 23.8 Å². The van der Waals surface area contributed by atoms with Crippen LogP contribution in [0.2, 0.25) is 0 Å². The summed E-state index contributed by atoms with van der Waals surface area (Å²) in [6.07, 6.45) is 0. The van der Waals surface area contributed by atoms with Crippen LogP contribution in [0.3, 0.4) is 0 Å². The molecule has 0 radical (unpaired) electrons. The molecule has 0 aromatic heterocycles. The number of likely N-dealkylation sites (N-methyl/N-ethyl adjacent to an activating group) is 1. The SMILES string of the molecule is CCN(CC(=O)c1ccc(O)cc1O)CC(C)C. The zero-order valence-corrected chi connectivity index (χ0v) is 11.2. The van der Waals surface area contributed by atoms with Crippen LogP contribution in [0, 0.1) is 5.92 Å². The van der Waals surface area contributed by atoms with Crippen LogP contribution in [0.4, 0.5) is 0 Å². The summed E-state index contributed by atoms with van der Waals surface area (Å²) >= 11 is 0. The van der Waals surface area contributed by atoms with Crippen molar-refractivity contribution in [1.82, 2.24) is 4.90 Å². The molecule has 100 valence electrons. The maximum absolute atomic E-state index is 12.0. The fourth-order valence-electron chi connectivity index (χ4n) is 1.87. The van der Waals surface area contributed by atoms with E-state index in [-0.39, 0.29) is 29.4 Å². The van der Waals surface area contributed by atoms with E-state index in [9.17, 15) is 15.0 Å². The molecule has 0 spiro atoms. The average Bonchev–Trinajstić information content (AvgIpc) is 2.27. The van der Waals surface area contributed by atoms with Crippen molar-refractivity contribution in [2.75, 3.05) is 19.6 Å². The Hall–Kier alpha value is -1.55. The van der Waals surface area contributed by atoms with Gasteiger partial charge in [-0.3, -0.25) is 9.69 Å². The van der Waals surface area contributed by atoms with Crippen molar-refractivity contribution in [1.29, 1.82) is 0 Å². The summed E-state index contributed by atoms with van der Waals surface area (Å²) in [6.45, 7) is 8.14. The number of hydrogen-bond acceptors (Lipinski definition) is 4. The van der Waals surface area contributed by atoms with E-state index in [0.717, 1.165) is 13.1 Å². The molecule has 0 atom stereocenters. The first-order valence-electron chi connectivity index (χ1n) is 6.21. The Morgan fingerprint density at radius 1 is 1.33 bits per heavy atom. The van der Waals surface area contributed by atoms with Crippen molar-refractivity contribution in [3.63, 3.8) is 0 Å². The van der Waals surface area contributed by atoms with Gasteiger partial charge in [0, 0.05) is 12.6 Å². The minimum atomic E-state index is -0.166. The van der Waals surface area contributed by atoms with Crippen LogP contribution in [0.25, 0.3) is 0 Å². The van der Waals surface area contributed by atoms with Crippen molar-refractivity contribution in [3.8, 4) is 11.5 Å². The predicted molar refractivity (Wildman–Crippen MR) is 71.1 cm³/mol. The first-order chi connectivity index (χ1) is 8.43. The van der Waals surface area contributed by atoms with Crippen LogP contribution in [0.1, 0.15) is 31.1 Å². The van der Waals surface area contributed by atoms with Gasteiger partial charge in [0.2, 0.25) is 0 Å². The Morgan fingerprint density at radius 3 is 2.50 bits per heavy atom. The lowest BCUT2D eigenvalue weighted by Crippen LogP contribution is -2.32. The Morgan fingerprint density at radius 2 is 2.00 bits per heavy atom. The van der Waals surface area contributed by atoms with Gasteiger partial charge < -0.3 is 10.2 Å². The third-order valence-corrected chi connectivity index (χ3v) is 2.72. The fraction of sp³-hybridized carbons (Fsp3) is 0.500. The highest BCUT2D eigenvalue weighted by atomic mass is 16.3. The number of hydrogen-bond donors (Lipinski definition) is 2. The number of rotatable bonds is 6. The molecule has 0 saturated heterocycles. The first kappa shape index (κ1) is 14.5. The Bertz CT molecular complexity index is 416. The number of nitrogens with zero attached hydrogens (tertiary/aromatic N) is 1. The molecule has 0 heterocycles. The van der Waals surface area contributed by atoms with Gasteiger partial charge in [-0.05, 0) is 24.6 Å². The van der Waals surface area contributed by atoms with Crippen LogP contribution in [0.15, 0.2) is 18.2 Å². The van der Waals surface area contributed by atoms with Crippen LogP contribution in [0.5, 0.6) is 11.5 Å². The summed E-state index contributed by atoms with van der Waals surface area (Å²) in [5.41, 5.74) is 0.259.